The van der Waals surface area contributed by atoms with Crippen molar-refractivity contribution >= 4 is 0 Å². The highest BCUT2D eigenvalue weighted by atomic mass is 14.3. The molecule has 0 heteroatoms. The van der Waals surface area contributed by atoms with Crippen LogP contribution in [0.3, 0.4) is 0 Å². The SMILES string of the molecule is CC1=CC=CC=C2C(C)CCC12. The van der Waals surface area contributed by atoms with Crippen molar-refractivity contribution in [1.29, 1.82) is 0 Å². The third kappa shape index (κ3) is 1.16. The highest BCUT2D eigenvalue weighted by Gasteiger charge is 2.27. The fourth-order valence-electron chi connectivity index (χ4n) is 2.35. The molecule has 64 valence electrons. The van der Waals surface area contributed by atoms with Crippen LogP contribution in [0, 0.1) is 11.8 Å². The minimum absolute atomic E-state index is 0.759. The van der Waals surface area contributed by atoms with Crippen LogP contribution in [0.5, 0.6) is 0 Å². The quantitative estimate of drug-likeness (QED) is 0.509. The van der Waals surface area contributed by atoms with E-state index in [4.69, 9.17) is 0 Å². The molecule has 0 heterocycles. The Morgan fingerprint density at radius 3 is 2.75 bits per heavy atom. The van der Waals surface area contributed by atoms with Gasteiger partial charge in [0.05, 0.1) is 0 Å². The molecule has 1 saturated carbocycles. The fourth-order valence-corrected chi connectivity index (χ4v) is 2.35. The van der Waals surface area contributed by atoms with E-state index in [9.17, 15) is 0 Å². The fraction of sp³-hybridized carbons (Fsp3) is 0.500. The minimum Gasteiger partial charge on any atom is -0.0661 e. The predicted molar refractivity (Wildman–Crippen MR) is 52.9 cm³/mol. The molecular formula is C12H16. The maximum absolute atomic E-state index is 2.35. The molecule has 12 heavy (non-hydrogen) atoms. The molecule has 2 rings (SSSR count). The van der Waals surface area contributed by atoms with Crippen LogP contribution in [0.25, 0.3) is 0 Å². The molecule has 0 nitrogen and oxygen atoms in total. The molecule has 0 aromatic heterocycles. The van der Waals surface area contributed by atoms with Crippen LogP contribution in [-0.4, -0.2) is 0 Å². The highest BCUT2D eigenvalue weighted by molar-refractivity contribution is 5.34. The first kappa shape index (κ1) is 7.85. The molecule has 0 aromatic carbocycles. The van der Waals surface area contributed by atoms with Crippen molar-refractivity contribution in [3.8, 4) is 0 Å². The molecule has 0 spiro atoms. The van der Waals surface area contributed by atoms with Gasteiger partial charge in [0.25, 0.3) is 0 Å². The summed E-state index contributed by atoms with van der Waals surface area (Å²) in [6.07, 6.45) is 11.6. The lowest BCUT2D eigenvalue weighted by Gasteiger charge is -2.13. The molecule has 0 aromatic rings. The maximum Gasteiger partial charge on any atom is 0.00133 e. The summed E-state index contributed by atoms with van der Waals surface area (Å²) in [7, 11) is 0. The molecule has 2 aliphatic carbocycles. The van der Waals surface area contributed by atoms with Crippen molar-refractivity contribution in [2.45, 2.75) is 26.7 Å². The standard InChI is InChI=1S/C12H16/c1-9-5-3-4-6-11-10(2)7-8-12(9)11/h3-6,10,12H,7-8H2,1-2H3. The van der Waals surface area contributed by atoms with Gasteiger partial charge < -0.3 is 0 Å². The lowest BCUT2D eigenvalue weighted by Crippen LogP contribution is -2.00. The van der Waals surface area contributed by atoms with Gasteiger partial charge in [-0.15, -0.1) is 0 Å². The Morgan fingerprint density at radius 1 is 1.17 bits per heavy atom. The lowest BCUT2D eigenvalue weighted by molar-refractivity contribution is 0.685. The summed E-state index contributed by atoms with van der Waals surface area (Å²) in [4.78, 5) is 0. The van der Waals surface area contributed by atoms with Crippen LogP contribution in [0.1, 0.15) is 26.7 Å². The van der Waals surface area contributed by atoms with Crippen LogP contribution in [0.15, 0.2) is 35.5 Å². The smallest absolute Gasteiger partial charge is 0.00133 e. The zero-order valence-electron chi connectivity index (χ0n) is 7.88. The maximum atomic E-state index is 2.35. The molecule has 2 aliphatic rings. The van der Waals surface area contributed by atoms with Crippen molar-refractivity contribution in [2.75, 3.05) is 0 Å². The second-order valence-electron chi connectivity index (χ2n) is 3.99. The Hall–Kier alpha value is -0.780. The molecule has 0 amide bonds. The van der Waals surface area contributed by atoms with Gasteiger partial charge in [0, 0.05) is 5.92 Å². The lowest BCUT2D eigenvalue weighted by atomic mass is 9.92. The van der Waals surface area contributed by atoms with Gasteiger partial charge >= 0.3 is 0 Å². The van der Waals surface area contributed by atoms with Crippen LogP contribution in [0.2, 0.25) is 0 Å². The molecule has 0 bridgehead atoms. The van der Waals surface area contributed by atoms with E-state index in [2.05, 4.69) is 38.2 Å². The Labute approximate surface area is 74.7 Å². The number of rotatable bonds is 0. The largest absolute Gasteiger partial charge is 0.0661 e. The summed E-state index contributed by atoms with van der Waals surface area (Å²) in [5.41, 5.74) is 3.19. The van der Waals surface area contributed by atoms with Crippen LogP contribution in [-0.2, 0) is 0 Å². The van der Waals surface area contributed by atoms with Crippen molar-refractivity contribution in [1.82, 2.24) is 0 Å². The van der Waals surface area contributed by atoms with E-state index < -0.39 is 0 Å². The third-order valence-corrected chi connectivity index (χ3v) is 3.17. The summed E-state index contributed by atoms with van der Waals surface area (Å²) < 4.78 is 0. The normalized spacial score (nSPS) is 33.8. The summed E-state index contributed by atoms with van der Waals surface area (Å²) >= 11 is 0. The summed E-state index contributed by atoms with van der Waals surface area (Å²) in [5.74, 6) is 1.57. The third-order valence-electron chi connectivity index (χ3n) is 3.17. The average Bonchev–Trinajstić information content (AvgIpc) is 2.30. The first-order valence-corrected chi connectivity index (χ1v) is 4.84. The topological polar surface area (TPSA) is 0 Å². The summed E-state index contributed by atoms with van der Waals surface area (Å²) in [6.45, 7) is 4.60. The van der Waals surface area contributed by atoms with Crippen LogP contribution >= 0.6 is 0 Å². The van der Waals surface area contributed by atoms with Gasteiger partial charge in [0.2, 0.25) is 0 Å². The zero-order valence-corrected chi connectivity index (χ0v) is 7.88. The van der Waals surface area contributed by atoms with Gasteiger partial charge in [-0.2, -0.15) is 0 Å². The van der Waals surface area contributed by atoms with Crippen molar-refractivity contribution in [2.24, 2.45) is 11.8 Å². The second kappa shape index (κ2) is 2.93. The van der Waals surface area contributed by atoms with Gasteiger partial charge in [-0.25, -0.2) is 0 Å². The van der Waals surface area contributed by atoms with Gasteiger partial charge in [-0.05, 0) is 25.7 Å². The van der Waals surface area contributed by atoms with E-state index >= 15 is 0 Å². The number of allylic oxidation sites excluding steroid dienone is 6. The van der Waals surface area contributed by atoms with E-state index in [1.807, 2.05) is 0 Å². The molecule has 2 unspecified atom stereocenters. The van der Waals surface area contributed by atoms with E-state index in [1.165, 1.54) is 12.8 Å². The van der Waals surface area contributed by atoms with Crippen molar-refractivity contribution < 1.29 is 0 Å². The van der Waals surface area contributed by atoms with E-state index in [1.54, 1.807) is 11.1 Å². The highest BCUT2D eigenvalue weighted by Crippen LogP contribution is 2.41. The first-order chi connectivity index (χ1) is 5.79. The Bertz CT molecular complexity index is 266. The Morgan fingerprint density at radius 2 is 1.92 bits per heavy atom. The van der Waals surface area contributed by atoms with E-state index in [0.29, 0.717) is 0 Å². The van der Waals surface area contributed by atoms with Gasteiger partial charge in [0.15, 0.2) is 0 Å². The van der Waals surface area contributed by atoms with E-state index in [0.717, 1.165) is 11.8 Å². The number of fused-ring (bicyclic) bond motifs is 1. The first-order valence-electron chi connectivity index (χ1n) is 4.84. The van der Waals surface area contributed by atoms with Crippen molar-refractivity contribution in [3.63, 3.8) is 0 Å². The molecule has 0 radical (unpaired) electrons. The predicted octanol–water partition coefficient (Wildman–Crippen LogP) is 3.48. The zero-order chi connectivity index (χ0) is 8.55. The van der Waals surface area contributed by atoms with Gasteiger partial charge in [-0.3, -0.25) is 0 Å². The molecule has 0 N–H and O–H groups in total. The molecule has 0 aliphatic heterocycles. The monoisotopic (exact) mass is 160 g/mol. The summed E-state index contributed by atoms with van der Waals surface area (Å²) in [5, 5.41) is 0. The molecule has 0 saturated heterocycles. The summed E-state index contributed by atoms with van der Waals surface area (Å²) in [6, 6.07) is 0. The van der Waals surface area contributed by atoms with Crippen LogP contribution < -0.4 is 0 Å². The second-order valence-corrected chi connectivity index (χ2v) is 3.99. The number of hydrogen-bond acceptors (Lipinski definition) is 0. The van der Waals surface area contributed by atoms with E-state index in [-0.39, 0.29) is 0 Å². The van der Waals surface area contributed by atoms with Gasteiger partial charge in [0.1, 0.15) is 0 Å². The van der Waals surface area contributed by atoms with Crippen molar-refractivity contribution in [3.05, 3.63) is 35.5 Å². The molecule has 2 atom stereocenters. The Kier molecular flexibility index (Phi) is 1.92. The molecular weight excluding hydrogens is 144 g/mol. The minimum atomic E-state index is 0.759. The Balaban J connectivity index is 2.36. The molecule has 1 fully saturated rings. The average molecular weight is 160 g/mol. The van der Waals surface area contributed by atoms with Gasteiger partial charge in [-0.1, -0.05) is 42.4 Å². The number of hydrogen-bond donors (Lipinski definition) is 0. The van der Waals surface area contributed by atoms with Crippen LogP contribution in [0.4, 0.5) is 0 Å².